The topological polar surface area (TPSA) is 61.4 Å². The van der Waals surface area contributed by atoms with Gasteiger partial charge >= 0.3 is 12.2 Å². The molecule has 0 aliphatic rings. The number of rotatable bonds is 4. The van der Waals surface area contributed by atoms with E-state index in [1.54, 1.807) is 6.92 Å². The van der Waals surface area contributed by atoms with Gasteiger partial charge in [-0.15, -0.1) is 0 Å². The fraction of sp³-hybridized carbons (Fsp3) is 0.235. The second kappa shape index (κ2) is 7.52. The molecule has 25 heavy (non-hydrogen) atoms. The Labute approximate surface area is 141 Å². The summed E-state index contributed by atoms with van der Waals surface area (Å²) in [4.78, 5) is 11.9. The first kappa shape index (κ1) is 18.7. The quantitative estimate of drug-likeness (QED) is 0.723. The van der Waals surface area contributed by atoms with Crippen molar-refractivity contribution in [2.24, 2.45) is 0 Å². The summed E-state index contributed by atoms with van der Waals surface area (Å²) >= 11 is 0. The van der Waals surface area contributed by atoms with Crippen molar-refractivity contribution in [2.75, 3.05) is 5.32 Å². The molecular formula is C17H16F4N2O2. The molecule has 2 atom stereocenters. The van der Waals surface area contributed by atoms with Gasteiger partial charge in [-0.2, -0.15) is 13.2 Å². The molecule has 2 rings (SSSR count). The highest BCUT2D eigenvalue weighted by Crippen LogP contribution is 2.29. The van der Waals surface area contributed by atoms with Gasteiger partial charge in [0.15, 0.2) is 0 Å². The zero-order chi connectivity index (χ0) is 18.6. The van der Waals surface area contributed by atoms with Gasteiger partial charge in [-0.1, -0.05) is 12.1 Å². The maximum atomic E-state index is 12.9. The third kappa shape index (κ3) is 5.18. The molecule has 0 saturated heterocycles. The third-order valence-corrected chi connectivity index (χ3v) is 3.51. The van der Waals surface area contributed by atoms with E-state index in [9.17, 15) is 27.5 Å². The van der Waals surface area contributed by atoms with E-state index in [1.165, 1.54) is 24.3 Å². The van der Waals surface area contributed by atoms with Crippen molar-refractivity contribution in [3.05, 3.63) is 65.5 Å². The number of halogens is 4. The highest BCUT2D eigenvalue weighted by molar-refractivity contribution is 5.89. The molecule has 2 aromatic carbocycles. The monoisotopic (exact) mass is 356 g/mol. The van der Waals surface area contributed by atoms with Gasteiger partial charge in [0.2, 0.25) is 0 Å². The van der Waals surface area contributed by atoms with Crippen LogP contribution in [0.15, 0.2) is 48.5 Å². The predicted octanol–water partition coefficient (Wildman–Crippen LogP) is 4.09. The number of carbonyl (C=O) groups is 1. The maximum Gasteiger partial charge on any atom is 0.416 e. The Kier molecular flexibility index (Phi) is 5.63. The van der Waals surface area contributed by atoms with Crippen LogP contribution in [-0.2, 0) is 6.18 Å². The van der Waals surface area contributed by atoms with Crippen LogP contribution in [0.25, 0.3) is 0 Å². The van der Waals surface area contributed by atoms with E-state index < -0.39 is 35.7 Å². The Balaban J connectivity index is 1.94. The molecule has 134 valence electrons. The van der Waals surface area contributed by atoms with E-state index in [-0.39, 0.29) is 5.69 Å². The highest BCUT2D eigenvalue weighted by atomic mass is 19.4. The maximum absolute atomic E-state index is 12.9. The molecule has 3 N–H and O–H groups in total. The first-order valence-electron chi connectivity index (χ1n) is 7.35. The lowest BCUT2D eigenvalue weighted by atomic mass is 10.0. The number of carbonyl (C=O) groups excluding carboxylic acids is 1. The zero-order valence-electron chi connectivity index (χ0n) is 13.1. The number of amides is 2. The summed E-state index contributed by atoms with van der Waals surface area (Å²) in [7, 11) is 0. The standard InChI is InChI=1S/C17H16F4N2O2/c1-10(15(24)11-2-6-13(18)7-3-11)22-16(25)23-14-8-4-12(5-9-14)17(19,20)21/h2-10,15,24H,1H3,(H2,22,23,25). The number of anilines is 1. The first-order chi connectivity index (χ1) is 11.7. The number of benzene rings is 2. The van der Waals surface area contributed by atoms with Gasteiger partial charge in [-0.25, -0.2) is 9.18 Å². The van der Waals surface area contributed by atoms with Crippen LogP contribution in [0.5, 0.6) is 0 Å². The molecule has 2 aromatic rings. The molecule has 8 heteroatoms. The summed E-state index contributed by atoms with van der Waals surface area (Å²) in [5, 5.41) is 15.0. The number of alkyl halides is 3. The average Bonchev–Trinajstić information content (AvgIpc) is 2.54. The minimum absolute atomic E-state index is 0.175. The van der Waals surface area contributed by atoms with Crippen molar-refractivity contribution in [1.82, 2.24) is 5.32 Å². The number of aliphatic hydroxyl groups is 1. The lowest BCUT2D eigenvalue weighted by molar-refractivity contribution is -0.137. The molecule has 0 fully saturated rings. The molecule has 0 saturated carbocycles. The van der Waals surface area contributed by atoms with E-state index >= 15 is 0 Å². The number of aliphatic hydroxyl groups excluding tert-OH is 1. The summed E-state index contributed by atoms with van der Waals surface area (Å²) in [5.41, 5.74) is -0.226. The summed E-state index contributed by atoms with van der Waals surface area (Å²) in [5.74, 6) is -0.448. The van der Waals surface area contributed by atoms with Crippen molar-refractivity contribution in [1.29, 1.82) is 0 Å². The number of hydrogen-bond acceptors (Lipinski definition) is 2. The molecule has 2 amide bonds. The number of urea groups is 1. The minimum Gasteiger partial charge on any atom is -0.386 e. The second-order valence-electron chi connectivity index (χ2n) is 5.46. The summed E-state index contributed by atoms with van der Waals surface area (Å²) in [6.07, 6.45) is -5.52. The molecule has 0 bridgehead atoms. The lowest BCUT2D eigenvalue weighted by Gasteiger charge is -2.21. The Hall–Kier alpha value is -2.61. The van der Waals surface area contributed by atoms with Gasteiger partial charge in [-0.05, 0) is 48.9 Å². The van der Waals surface area contributed by atoms with Crippen LogP contribution in [-0.4, -0.2) is 17.2 Å². The first-order valence-corrected chi connectivity index (χ1v) is 7.35. The number of hydrogen-bond donors (Lipinski definition) is 3. The molecule has 0 aliphatic carbocycles. The van der Waals surface area contributed by atoms with Crippen LogP contribution in [0.2, 0.25) is 0 Å². The van der Waals surface area contributed by atoms with Gasteiger partial charge in [0, 0.05) is 5.69 Å². The molecule has 2 unspecified atom stereocenters. The normalized spacial score (nSPS) is 13.8. The Morgan fingerprint density at radius 3 is 2.12 bits per heavy atom. The van der Waals surface area contributed by atoms with Crippen molar-refractivity contribution < 1.29 is 27.5 Å². The summed E-state index contributed by atoms with van der Waals surface area (Å²) < 4.78 is 50.3. The van der Waals surface area contributed by atoms with Crippen LogP contribution in [0.4, 0.5) is 28.0 Å². The van der Waals surface area contributed by atoms with Crippen LogP contribution in [0.3, 0.4) is 0 Å². The van der Waals surface area contributed by atoms with E-state index in [0.29, 0.717) is 5.56 Å². The van der Waals surface area contributed by atoms with Gasteiger partial charge in [-0.3, -0.25) is 0 Å². The van der Waals surface area contributed by atoms with E-state index in [4.69, 9.17) is 0 Å². The largest absolute Gasteiger partial charge is 0.416 e. The van der Waals surface area contributed by atoms with Gasteiger partial charge in [0.1, 0.15) is 5.82 Å². The number of nitrogens with one attached hydrogen (secondary N) is 2. The zero-order valence-corrected chi connectivity index (χ0v) is 13.1. The van der Waals surface area contributed by atoms with Gasteiger partial charge in [0.25, 0.3) is 0 Å². The molecule has 0 radical (unpaired) electrons. The van der Waals surface area contributed by atoms with Crippen molar-refractivity contribution in [2.45, 2.75) is 25.2 Å². The molecule has 0 aliphatic heterocycles. The molecular weight excluding hydrogens is 340 g/mol. The predicted molar refractivity (Wildman–Crippen MR) is 84.4 cm³/mol. The smallest absolute Gasteiger partial charge is 0.386 e. The summed E-state index contributed by atoms with van der Waals surface area (Å²) in [6.45, 7) is 1.54. The Bertz CT molecular complexity index is 715. The van der Waals surface area contributed by atoms with E-state index in [0.717, 1.165) is 24.3 Å². The van der Waals surface area contributed by atoms with Crippen LogP contribution < -0.4 is 10.6 Å². The van der Waals surface area contributed by atoms with Crippen LogP contribution in [0.1, 0.15) is 24.2 Å². The van der Waals surface area contributed by atoms with Crippen LogP contribution in [0, 0.1) is 5.82 Å². The second-order valence-corrected chi connectivity index (χ2v) is 5.46. The highest BCUT2D eigenvalue weighted by Gasteiger charge is 2.30. The van der Waals surface area contributed by atoms with Crippen molar-refractivity contribution in [3.8, 4) is 0 Å². The van der Waals surface area contributed by atoms with Gasteiger partial charge < -0.3 is 15.7 Å². The van der Waals surface area contributed by atoms with E-state index in [2.05, 4.69) is 10.6 Å². The molecule has 0 spiro atoms. The molecule has 4 nitrogen and oxygen atoms in total. The van der Waals surface area contributed by atoms with Gasteiger partial charge in [0.05, 0.1) is 17.7 Å². The SMILES string of the molecule is CC(NC(=O)Nc1ccc(C(F)(F)F)cc1)C(O)c1ccc(F)cc1. The summed E-state index contributed by atoms with van der Waals surface area (Å²) in [6, 6.07) is 7.73. The van der Waals surface area contributed by atoms with E-state index in [1.807, 2.05) is 0 Å². The molecule has 0 heterocycles. The Morgan fingerprint density at radius 2 is 1.60 bits per heavy atom. The third-order valence-electron chi connectivity index (χ3n) is 3.51. The van der Waals surface area contributed by atoms with Crippen LogP contribution >= 0.6 is 0 Å². The fourth-order valence-corrected chi connectivity index (χ4v) is 2.14. The fourth-order valence-electron chi connectivity index (χ4n) is 2.14. The Morgan fingerprint density at radius 1 is 1.04 bits per heavy atom. The van der Waals surface area contributed by atoms with Crippen molar-refractivity contribution in [3.63, 3.8) is 0 Å². The minimum atomic E-state index is -4.45. The molecule has 0 aromatic heterocycles. The lowest BCUT2D eigenvalue weighted by Crippen LogP contribution is -2.39. The average molecular weight is 356 g/mol. The van der Waals surface area contributed by atoms with Crippen molar-refractivity contribution >= 4 is 11.7 Å².